The molecule has 0 aromatic heterocycles. The summed E-state index contributed by atoms with van der Waals surface area (Å²) in [6, 6.07) is 7.34. The van der Waals surface area contributed by atoms with E-state index in [9.17, 15) is 5.11 Å². The molecule has 0 saturated heterocycles. The van der Waals surface area contributed by atoms with Crippen LogP contribution in [0.4, 0.5) is 0 Å². The second-order valence-electron chi connectivity index (χ2n) is 4.53. The van der Waals surface area contributed by atoms with Gasteiger partial charge in [-0.05, 0) is 38.5 Å². The molecule has 0 bridgehead atoms. The number of hydrogen-bond donors (Lipinski definition) is 1. The van der Waals surface area contributed by atoms with E-state index in [0.29, 0.717) is 13.2 Å². The fraction of sp³-hybridized carbons (Fsp3) is 0.600. The van der Waals surface area contributed by atoms with Crippen molar-refractivity contribution in [1.29, 1.82) is 0 Å². The van der Waals surface area contributed by atoms with E-state index in [2.05, 4.69) is 0 Å². The highest BCUT2D eigenvalue weighted by Gasteiger charge is 2.19. The van der Waals surface area contributed by atoms with Crippen LogP contribution in [-0.4, -0.2) is 37.6 Å². The van der Waals surface area contributed by atoms with Crippen LogP contribution in [0.25, 0.3) is 0 Å². The lowest BCUT2D eigenvalue weighted by Crippen LogP contribution is -2.26. The highest BCUT2D eigenvalue weighted by molar-refractivity contribution is 5.28. The topological polar surface area (TPSA) is 47.9 Å². The maximum Gasteiger partial charge on any atom is 0.118 e. The molecule has 108 valence electrons. The molecule has 0 aliphatic heterocycles. The van der Waals surface area contributed by atoms with Crippen molar-refractivity contribution in [2.45, 2.75) is 39.1 Å². The van der Waals surface area contributed by atoms with Crippen LogP contribution < -0.4 is 4.74 Å². The molecule has 0 amide bonds. The molecule has 0 fully saturated rings. The SMILES string of the molecule is CCOCC(C)OC(C)C(O)c1ccc(OC)cc1. The Balaban J connectivity index is 2.52. The van der Waals surface area contributed by atoms with Crippen LogP contribution in [0, 0.1) is 0 Å². The fourth-order valence-corrected chi connectivity index (χ4v) is 1.84. The average Bonchev–Trinajstić information content (AvgIpc) is 2.44. The maximum absolute atomic E-state index is 10.2. The standard InChI is InChI=1S/C15H24O4/c1-5-18-10-11(2)19-12(3)15(16)13-6-8-14(17-4)9-7-13/h6-9,11-12,15-16H,5,10H2,1-4H3. The van der Waals surface area contributed by atoms with Crippen LogP contribution in [0.5, 0.6) is 5.75 Å². The molecule has 3 unspecified atom stereocenters. The Morgan fingerprint density at radius 3 is 2.32 bits per heavy atom. The molecule has 0 spiro atoms. The second kappa shape index (κ2) is 8.15. The smallest absolute Gasteiger partial charge is 0.118 e. The minimum atomic E-state index is -0.657. The molecule has 4 heteroatoms. The Labute approximate surface area is 115 Å². The molecule has 3 atom stereocenters. The van der Waals surface area contributed by atoms with Gasteiger partial charge in [-0.3, -0.25) is 0 Å². The van der Waals surface area contributed by atoms with Crippen molar-refractivity contribution in [2.24, 2.45) is 0 Å². The first-order valence-electron chi connectivity index (χ1n) is 6.63. The van der Waals surface area contributed by atoms with Crippen molar-refractivity contribution in [3.8, 4) is 5.75 Å². The van der Waals surface area contributed by atoms with Crippen molar-refractivity contribution in [3.63, 3.8) is 0 Å². The summed E-state index contributed by atoms with van der Waals surface area (Å²) >= 11 is 0. The highest BCUT2D eigenvalue weighted by Crippen LogP contribution is 2.22. The monoisotopic (exact) mass is 268 g/mol. The van der Waals surface area contributed by atoms with E-state index in [-0.39, 0.29) is 12.2 Å². The Morgan fingerprint density at radius 1 is 1.16 bits per heavy atom. The van der Waals surface area contributed by atoms with Crippen LogP contribution >= 0.6 is 0 Å². The van der Waals surface area contributed by atoms with E-state index >= 15 is 0 Å². The average molecular weight is 268 g/mol. The van der Waals surface area contributed by atoms with Gasteiger partial charge in [-0.15, -0.1) is 0 Å². The Morgan fingerprint density at radius 2 is 1.79 bits per heavy atom. The van der Waals surface area contributed by atoms with Crippen LogP contribution in [0.15, 0.2) is 24.3 Å². The first kappa shape index (κ1) is 16.0. The number of methoxy groups -OCH3 is 1. The zero-order chi connectivity index (χ0) is 14.3. The zero-order valence-electron chi connectivity index (χ0n) is 12.1. The zero-order valence-corrected chi connectivity index (χ0v) is 12.1. The number of aliphatic hydroxyl groups is 1. The Bertz CT molecular complexity index is 350. The van der Waals surface area contributed by atoms with E-state index in [1.807, 2.05) is 45.0 Å². The lowest BCUT2D eigenvalue weighted by atomic mass is 10.1. The van der Waals surface area contributed by atoms with E-state index in [4.69, 9.17) is 14.2 Å². The van der Waals surface area contributed by atoms with Crippen molar-refractivity contribution >= 4 is 0 Å². The van der Waals surface area contributed by atoms with E-state index in [0.717, 1.165) is 11.3 Å². The first-order valence-corrected chi connectivity index (χ1v) is 6.63. The van der Waals surface area contributed by atoms with Crippen molar-refractivity contribution in [1.82, 2.24) is 0 Å². The van der Waals surface area contributed by atoms with Gasteiger partial charge in [0.15, 0.2) is 0 Å². The quantitative estimate of drug-likeness (QED) is 0.787. The molecule has 0 radical (unpaired) electrons. The third-order valence-electron chi connectivity index (χ3n) is 2.91. The number of aliphatic hydroxyl groups excluding tert-OH is 1. The summed E-state index contributed by atoms with van der Waals surface area (Å²) in [5, 5.41) is 10.2. The molecule has 0 heterocycles. The molecule has 4 nitrogen and oxygen atoms in total. The normalized spacial score (nSPS) is 15.8. The van der Waals surface area contributed by atoms with Gasteiger partial charge < -0.3 is 19.3 Å². The lowest BCUT2D eigenvalue weighted by Gasteiger charge is -2.23. The summed E-state index contributed by atoms with van der Waals surface area (Å²) in [4.78, 5) is 0. The summed E-state index contributed by atoms with van der Waals surface area (Å²) in [7, 11) is 1.62. The van der Waals surface area contributed by atoms with Gasteiger partial charge in [0.1, 0.15) is 11.9 Å². The number of ether oxygens (including phenoxy) is 3. The summed E-state index contributed by atoms with van der Waals surface area (Å²) in [5.41, 5.74) is 0.817. The lowest BCUT2D eigenvalue weighted by molar-refractivity contribution is -0.0866. The van der Waals surface area contributed by atoms with Gasteiger partial charge in [-0.2, -0.15) is 0 Å². The minimum absolute atomic E-state index is 0.0390. The van der Waals surface area contributed by atoms with E-state index in [1.165, 1.54) is 0 Å². The highest BCUT2D eigenvalue weighted by atomic mass is 16.5. The predicted molar refractivity (Wildman–Crippen MR) is 74.5 cm³/mol. The van der Waals surface area contributed by atoms with Crippen molar-refractivity contribution in [3.05, 3.63) is 29.8 Å². The van der Waals surface area contributed by atoms with Gasteiger partial charge in [0, 0.05) is 6.61 Å². The molecule has 1 aromatic rings. The van der Waals surface area contributed by atoms with Gasteiger partial charge in [-0.25, -0.2) is 0 Å². The molecule has 1 rings (SSSR count). The maximum atomic E-state index is 10.2. The summed E-state index contributed by atoms with van der Waals surface area (Å²) < 4.78 is 16.1. The van der Waals surface area contributed by atoms with Gasteiger partial charge in [0.25, 0.3) is 0 Å². The second-order valence-corrected chi connectivity index (χ2v) is 4.53. The number of benzene rings is 1. The largest absolute Gasteiger partial charge is 0.497 e. The van der Waals surface area contributed by atoms with Crippen LogP contribution in [-0.2, 0) is 9.47 Å². The Hall–Kier alpha value is -1.10. The molecule has 1 N–H and O–H groups in total. The molecule has 19 heavy (non-hydrogen) atoms. The predicted octanol–water partition coefficient (Wildman–Crippen LogP) is 2.56. The van der Waals surface area contributed by atoms with Crippen LogP contribution in [0.1, 0.15) is 32.4 Å². The molecule has 0 aliphatic carbocycles. The van der Waals surface area contributed by atoms with Crippen LogP contribution in [0.2, 0.25) is 0 Å². The van der Waals surface area contributed by atoms with Gasteiger partial charge >= 0.3 is 0 Å². The van der Waals surface area contributed by atoms with Crippen molar-refractivity contribution in [2.75, 3.05) is 20.3 Å². The molecule has 0 saturated carbocycles. The molecule has 1 aromatic carbocycles. The van der Waals surface area contributed by atoms with E-state index < -0.39 is 6.10 Å². The first-order chi connectivity index (χ1) is 9.08. The summed E-state index contributed by atoms with van der Waals surface area (Å²) in [6.45, 7) is 6.95. The third-order valence-corrected chi connectivity index (χ3v) is 2.91. The van der Waals surface area contributed by atoms with E-state index in [1.54, 1.807) is 7.11 Å². The number of hydrogen-bond acceptors (Lipinski definition) is 4. The number of rotatable bonds is 8. The van der Waals surface area contributed by atoms with Crippen molar-refractivity contribution < 1.29 is 19.3 Å². The molecular weight excluding hydrogens is 244 g/mol. The third kappa shape index (κ3) is 5.19. The van der Waals surface area contributed by atoms with Gasteiger partial charge in [-0.1, -0.05) is 12.1 Å². The molecular formula is C15H24O4. The van der Waals surface area contributed by atoms with Crippen LogP contribution in [0.3, 0.4) is 0 Å². The molecule has 0 aliphatic rings. The minimum Gasteiger partial charge on any atom is -0.497 e. The van der Waals surface area contributed by atoms with Gasteiger partial charge in [0.2, 0.25) is 0 Å². The summed E-state index contributed by atoms with van der Waals surface area (Å²) in [5.74, 6) is 0.772. The summed E-state index contributed by atoms with van der Waals surface area (Å²) in [6.07, 6.45) is -0.985. The van der Waals surface area contributed by atoms with Gasteiger partial charge in [0.05, 0.1) is 25.9 Å². The fourth-order valence-electron chi connectivity index (χ4n) is 1.84. The Kier molecular flexibility index (Phi) is 6.84.